The van der Waals surface area contributed by atoms with E-state index in [0.717, 1.165) is 15.7 Å². The SMILES string of the molecule is COC(=O)c1c(C(C)(C)C)nn2cccc(Br)c12. The monoisotopic (exact) mass is 310 g/mol. The van der Waals surface area contributed by atoms with Gasteiger partial charge in [0.2, 0.25) is 0 Å². The topological polar surface area (TPSA) is 43.6 Å². The minimum atomic E-state index is -0.359. The number of pyridine rings is 1. The molecule has 0 fully saturated rings. The maximum atomic E-state index is 12.0. The molecule has 0 aliphatic rings. The molecule has 0 saturated carbocycles. The second-order valence-corrected chi connectivity index (χ2v) is 5.97. The number of esters is 1. The lowest BCUT2D eigenvalue weighted by Gasteiger charge is -2.16. The van der Waals surface area contributed by atoms with Crippen molar-refractivity contribution >= 4 is 27.4 Å². The number of fused-ring (bicyclic) bond motifs is 1. The fourth-order valence-corrected chi connectivity index (χ4v) is 2.41. The van der Waals surface area contributed by atoms with E-state index in [1.165, 1.54) is 7.11 Å². The number of carbonyl (C=O) groups excluding carboxylic acids is 1. The first kappa shape index (κ1) is 13.1. The molecule has 2 aromatic heterocycles. The Morgan fingerprint density at radius 2 is 2.11 bits per heavy atom. The Balaban J connectivity index is 2.87. The molecule has 0 aliphatic heterocycles. The Labute approximate surface area is 114 Å². The summed E-state index contributed by atoms with van der Waals surface area (Å²) in [6.07, 6.45) is 1.82. The number of hydrogen-bond donors (Lipinski definition) is 0. The van der Waals surface area contributed by atoms with Crippen molar-refractivity contribution in [1.82, 2.24) is 9.61 Å². The lowest BCUT2D eigenvalue weighted by molar-refractivity contribution is 0.0600. The van der Waals surface area contributed by atoms with E-state index in [9.17, 15) is 4.79 Å². The molecular formula is C13H15BrN2O2. The van der Waals surface area contributed by atoms with Gasteiger partial charge in [-0.1, -0.05) is 20.8 Å². The predicted octanol–water partition coefficient (Wildman–Crippen LogP) is 3.18. The molecule has 2 aromatic rings. The Morgan fingerprint density at radius 1 is 1.44 bits per heavy atom. The van der Waals surface area contributed by atoms with Gasteiger partial charge in [0, 0.05) is 16.1 Å². The molecule has 0 bridgehead atoms. The number of ether oxygens (including phenoxy) is 1. The third-order valence-corrected chi connectivity index (χ3v) is 3.35. The summed E-state index contributed by atoms with van der Waals surface area (Å²) in [7, 11) is 1.38. The smallest absolute Gasteiger partial charge is 0.342 e. The quantitative estimate of drug-likeness (QED) is 0.760. The van der Waals surface area contributed by atoms with Crippen molar-refractivity contribution in [1.29, 1.82) is 0 Å². The lowest BCUT2D eigenvalue weighted by atomic mass is 9.89. The van der Waals surface area contributed by atoms with Crippen molar-refractivity contribution in [3.63, 3.8) is 0 Å². The predicted molar refractivity (Wildman–Crippen MR) is 72.9 cm³/mol. The van der Waals surface area contributed by atoms with E-state index in [4.69, 9.17) is 4.74 Å². The third kappa shape index (κ3) is 2.03. The van der Waals surface area contributed by atoms with Gasteiger partial charge in [-0.2, -0.15) is 5.10 Å². The number of methoxy groups -OCH3 is 1. The summed E-state index contributed by atoms with van der Waals surface area (Å²) in [4.78, 5) is 12.0. The first-order valence-corrected chi connectivity index (χ1v) is 6.41. The Kier molecular flexibility index (Phi) is 3.19. The van der Waals surface area contributed by atoms with Gasteiger partial charge in [-0.05, 0) is 28.1 Å². The lowest BCUT2D eigenvalue weighted by Crippen LogP contribution is -2.17. The molecule has 0 aromatic carbocycles. The van der Waals surface area contributed by atoms with Crippen LogP contribution in [0.5, 0.6) is 0 Å². The molecule has 18 heavy (non-hydrogen) atoms. The normalized spacial score (nSPS) is 11.8. The largest absolute Gasteiger partial charge is 0.465 e. The summed E-state index contributed by atoms with van der Waals surface area (Å²) in [5.74, 6) is -0.359. The Bertz CT molecular complexity index is 611. The number of halogens is 1. The molecule has 0 aliphatic carbocycles. The van der Waals surface area contributed by atoms with Crippen LogP contribution in [0, 0.1) is 0 Å². The highest BCUT2D eigenvalue weighted by molar-refractivity contribution is 9.10. The minimum absolute atomic E-state index is 0.227. The van der Waals surface area contributed by atoms with E-state index in [1.54, 1.807) is 4.52 Å². The summed E-state index contributed by atoms with van der Waals surface area (Å²) in [6.45, 7) is 6.07. The van der Waals surface area contributed by atoms with Gasteiger partial charge in [-0.3, -0.25) is 0 Å². The number of rotatable bonds is 1. The highest BCUT2D eigenvalue weighted by Crippen LogP contribution is 2.31. The molecule has 0 unspecified atom stereocenters. The minimum Gasteiger partial charge on any atom is -0.465 e. The maximum Gasteiger partial charge on any atom is 0.342 e. The maximum absolute atomic E-state index is 12.0. The second-order valence-electron chi connectivity index (χ2n) is 5.11. The zero-order chi connectivity index (χ0) is 13.5. The summed E-state index contributed by atoms with van der Waals surface area (Å²) >= 11 is 3.46. The van der Waals surface area contributed by atoms with E-state index in [1.807, 2.05) is 39.1 Å². The number of carbonyl (C=O) groups is 1. The van der Waals surface area contributed by atoms with Crippen molar-refractivity contribution in [3.8, 4) is 0 Å². The molecule has 0 spiro atoms. The van der Waals surface area contributed by atoms with Crippen LogP contribution in [0.15, 0.2) is 22.8 Å². The van der Waals surface area contributed by atoms with Crippen molar-refractivity contribution < 1.29 is 9.53 Å². The molecule has 2 heterocycles. The molecule has 5 heteroatoms. The summed E-state index contributed by atoms with van der Waals surface area (Å²) in [5, 5.41) is 4.50. The van der Waals surface area contributed by atoms with Gasteiger partial charge in [-0.25, -0.2) is 9.31 Å². The number of hydrogen-bond acceptors (Lipinski definition) is 3. The van der Waals surface area contributed by atoms with E-state index in [-0.39, 0.29) is 11.4 Å². The van der Waals surface area contributed by atoms with E-state index in [2.05, 4.69) is 21.0 Å². The number of aromatic nitrogens is 2. The molecule has 0 N–H and O–H groups in total. The summed E-state index contributed by atoms with van der Waals surface area (Å²) in [6, 6.07) is 3.76. The van der Waals surface area contributed by atoms with Crippen LogP contribution in [0.1, 0.15) is 36.8 Å². The van der Waals surface area contributed by atoms with Crippen LogP contribution >= 0.6 is 15.9 Å². The fraction of sp³-hybridized carbons (Fsp3) is 0.385. The van der Waals surface area contributed by atoms with Gasteiger partial charge < -0.3 is 4.74 Å². The van der Waals surface area contributed by atoms with Gasteiger partial charge in [-0.15, -0.1) is 0 Å². The average molecular weight is 311 g/mol. The Morgan fingerprint density at radius 3 is 2.67 bits per heavy atom. The number of nitrogens with zero attached hydrogens (tertiary/aromatic N) is 2. The van der Waals surface area contributed by atoms with Crippen molar-refractivity contribution in [2.24, 2.45) is 0 Å². The molecule has 2 rings (SSSR count). The third-order valence-electron chi connectivity index (χ3n) is 2.71. The van der Waals surface area contributed by atoms with Crippen LogP contribution in [0.25, 0.3) is 5.52 Å². The van der Waals surface area contributed by atoms with E-state index >= 15 is 0 Å². The summed E-state index contributed by atoms with van der Waals surface area (Å²) in [5.41, 5.74) is 1.78. The fourth-order valence-electron chi connectivity index (χ4n) is 1.88. The van der Waals surface area contributed by atoms with Gasteiger partial charge in [0.05, 0.1) is 18.3 Å². The molecule has 0 atom stereocenters. The zero-order valence-electron chi connectivity index (χ0n) is 10.8. The summed E-state index contributed by atoms with van der Waals surface area (Å²) < 4.78 is 7.41. The first-order valence-electron chi connectivity index (χ1n) is 5.62. The Hall–Kier alpha value is -1.36. The van der Waals surface area contributed by atoms with Gasteiger partial charge in [0.1, 0.15) is 5.56 Å². The standard InChI is InChI=1S/C13H15BrN2O2/c1-13(2,3)11-9(12(17)18-4)10-8(14)6-5-7-16(10)15-11/h5-7H,1-4H3. The van der Waals surface area contributed by atoms with Crippen molar-refractivity contribution in [3.05, 3.63) is 34.1 Å². The van der Waals surface area contributed by atoms with Gasteiger partial charge >= 0.3 is 5.97 Å². The highest BCUT2D eigenvalue weighted by atomic mass is 79.9. The molecular weight excluding hydrogens is 296 g/mol. The first-order chi connectivity index (χ1) is 8.36. The van der Waals surface area contributed by atoms with E-state index < -0.39 is 0 Å². The van der Waals surface area contributed by atoms with Gasteiger partial charge in [0.15, 0.2) is 0 Å². The van der Waals surface area contributed by atoms with Gasteiger partial charge in [0.25, 0.3) is 0 Å². The van der Waals surface area contributed by atoms with Crippen LogP contribution in [0.4, 0.5) is 0 Å². The van der Waals surface area contributed by atoms with Crippen LogP contribution in [-0.2, 0) is 10.2 Å². The molecule has 0 amide bonds. The molecule has 0 saturated heterocycles. The second kappa shape index (κ2) is 4.39. The molecule has 0 radical (unpaired) electrons. The van der Waals surface area contributed by atoms with Crippen LogP contribution < -0.4 is 0 Å². The van der Waals surface area contributed by atoms with Crippen LogP contribution in [-0.4, -0.2) is 22.7 Å². The van der Waals surface area contributed by atoms with Crippen LogP contribution in [0.2, 0.25) is 0 Å². The average Bonchev–Trinajstić information content (AvgIpc) is 2.68. The van der Waals surface area contributed by atoms with E-state index in [0.29, 0.717) is 5.56 Å². The highest BCUT2D eigenvalue weighted by Gasteiger charge is 2.29. The molecule has 96 valence electrons. The van der Waals surface area contributed by atoms with Crippen molar-refractivity contribution in [2.45, 2.75) is 26.2 Å². The van der Waals surface area contributed by atoms with Crippen LogP contribution in [0.3, 0.4) is 0 Å². The zero-order valence-corrected chi connectivity index (χ0v) is 12.4. The van der Waals surface area contributed by atoms with Crippen molar-refractivity contribution in [2.75, 3.05) is 7.11 Å². The molecule has 4 nitrogen and oxygen atoms in total.